The topological polar surface area (TPSA) is 47.0 Å². The number of hydrogen-bond acceptors (Lipinski definition) is 5. The summed E-state index contributed by atoms with van der Waals surface area (Å²) in [6.45, 7) is 1.94. The van der Waals surface area contributed by atoms with Crippen molar-refractivity contribution in [2.45, 2.75) is 24.1 Å². The molecule has 0 aliphatic carbocycles. The van der Waals surface area contributed by atoms with Gasteiger partial charge < -0.3 is 10.1 Å². The van der Waals surface area contributed by atoms with Crippen LogP contribution in [0.1, 0.15) is 12.8 Å². The molecule has 2 heterocycles. The second-order valence-electron chi connectivity index (χ2n) is 3.60. The molecule has 1 saturated heterocycles. The molecule has 1 atom stereocenters. The molecule has 7 heteroatoms. The summed E-state index contributed by atoms with van der Waals surface area (Å²) < 4.78 is 5.77. The molecule has 1 aliphatic rings. The molecule has 0 aromatic carbocycles. The summed E-state index contributed by atoms with van der Waals surface area (Å²) in [5.41, 5.74) is 0. The van der Waals surface area contributed by atoms with Crippen LogP contribution in [0, 0.1) is 0 Å². The lowest BCUT2D eigenvalue weighted by molar-refractivity contribution is 0.159. The SMILES string of the molecule is CSc1nc(Cl)cc(OC2CCCNC2)n1.Cl. The second kappa shape index (κ2) is 7.26. The van der Waals surface area contributed by atoms with E-state index in [9.17, 15) is 0 Å². The van der Waals surface area contributed by atoms with Crippen LogP contribution in [-0.2, 0) is 0 Å². The summed E-state index contributed by atoms with van der Waals surface area (Å²) in [5, 5.41) is 4.37. The Bertz CT molecular complexity index is 361. The van der Waals surface area contributed by atoms with Gasteiger partial charge in [0.2, 0.25) is 5.88 Å². The number of nitrogens with zero attached hydrogens (tertiary/aromatic N) is 2. The molecule has 1 N–H and O–H groups in total. The lowest BCUT2D eigenvalue weighted by atomic mass is 10.1. The summed E-state index contributed by atoms with van der Waals surface area (Å²) in [7, 11) is 0. The highest BCUT2D eigenvalue weighted by Crippen LogP contribution is 2.20. The number of thioether (sulfide) groups is 1. The van der Waals surface area contributed by atoms with Crippen LogP contribution < -0.4 is 10.1 Å². The van der Waals surface area contributed by atoms with E-state index in [0.717, 1.165) is 25.9 Å². The van der Waals surface area contributed by atoms with Crippen molar-refractivity contribution >= 4 is 35.8 Å². The number of aromatic nitrogens is 2. The maximum atomic E-state index is 5.89. The highest BCUT2D eigenvalue weighted by atomic mass is 35.5. The van der Waals surface area contributed by atoms with Gasteiger partial charge in [0.25, 0.3) is 0 Å². The molecule has 4 nitrogen and oxygen atoms in total. The molecular weight excluding hydrogens is 281 g/mol. The van der Waals surface area contributed by atoms with Crippen LogP contribution >= 0.6 is 35.8 Å². The van der Waals surface area contributed by atoms with Gasteiger partial charge in [0.05, 0.1) is 0 Å². The first-order chi connectivity index (χ1) is 7.78. The van der Waals surface area contributed by atoms with Gasteiger partial charge in [-0.05, 0) is 25.6 Å². The highest BCUT2D eigenvalue weighted by Gasteiger charge is 2.15. The zero-order chi connectivity index (χ0) is 11.4. The third kappa shape index (κ3) is 4.50. The van der Waals surface area contributed by atoms with E-state index in [-0.39, 0.29) is 18.5 Å². The molecule has 1 aromatic rings. The number of hydrogen-bond donors (Lipinski definition) is 1. The lowest BCUT2D eigenvalue weighted by Gasteiger charge is -2.23. The summed E-state index contributed by atoms with van der Waals surface area (Å²) in [5.74, 6) is 0.568. The summed E-state index contributed by atoms with van der Waals surface area (Å²) >= 11 is 7.34. The van der Waals surface area contributed by atoms with Crippen molar-refractivity contribution < 1.29 is 4.74 Å². The fourth-order valence-electron chi connectivity index (χ4n) is 1.62. The number of ether oxygens (including phenoxy) is 1. The molecule has 0 saturated carbocycles. The van der Waals surface area contributed by atoms with Gasteiger partial charge in [0, 0.05) is 12.6 Å². The van der Waals surface area contributed by atoms with Gasteiger partial charge in [-0.15, -0.1) is 12.4 Å². The van der Waals surface area contributed by atoms with Crippen LogP contribution in [0.2, 0.25) is 5.15 Å². The third-order valence-corrected chi connectivity index (χ3v) is 3.11. The molecule has 1 aliphatic heterocycles. The van der Waals surface area contributed by atoms with E-state index < -0.39 is 0 Å². The average Bonchev–Trinajstić information content (AvgIpc) is 2.29. The van der Waals surface area contributed by atoms with E-state index in [0.29, 0.717) is 16.2 Å². The summed E-state index contributed by atoms with van der Waals surface area (Å²) in [4.78, 5) is 8.33. The largest absolute Gasteiger partial charge is 0.473 e. The Balaban J connectivity index is 0.00000144. The van der Waals surface area contributed by atoms with E-state index >= 15 is 0 Å². The Morgan fingerprint density at radius 3 is 3.00 bits per heavy atom. The van der Waals surface area contributed by atoms with Crippen LogP contribution in [0.25, 0.3) is 0 Å². The molecule has 96 valence electrons. The van der Waals surface area contributed by atoms with Crippen molar-refractivity contribution in [3.63, 3.8) is 0 Å². The van der Waals surface area contributed by atoms with E-state index in [4.69, 9.17) is 16.3 Å². The van der Waals surface area contributed by atoms with Gasteiger partial charge in [0.15, 0.2) is 5.16 Å². The van der Waals surface area contributed by atoms with Crippen LogP contribution in [-0.4, -0.2) is 35.4 Å². The van der Waals surface area contributed by atoms with E-state index in [1.165, 1.54) is 11.8 Å². The smallest absolute Gasteiger partial charge is 0.219 e. The van der Waals surface area contributed by atoms with Gasteiger partial charge in [-0.25, -0.2) is 4.98 Å². The standard InChI is InChI=1S/C10H14ClN3OS.ClH/c1-16-10-13-8(11)5-9(14-10)15-7-3-2-4-12-6-7;/h5,7,12H,2-4,6H2,1H3;1H. The fourth-order valence-corrected chi connectivity index (χ4v) is 2.21. The molecule has 2 rings (SSSR count). The van der Waals surface area contributed by atoms with E-state index in [1.54, 1.807) is 6.07 Å². The molecule has 0 amide bonds. The minimum Gasteiger partial charge on any atom is -0.473 e. The van der Waals surface area contributed by atoms with Gasteiger partial charge in [0.1, 0.15) is 11.3 Å². The molecule has 0 bridgehead atoms. The Hall–Kier alpha value is -0.230. The van der Waals surface area contributed by atoms with Gasteiger partial charge in [-0.3, -0.25) is 0 Å². The van der Waals surface area contributed by atoms with Crippen molar-refractivity contribution in [3.05, 3.63) is 11.2 Å². The van der Waals surface area contributed by atoms with Crippen molar-refractivity contribution in [2.24, 2.45) is 0 Å². The summed E-state index contributed by atoms with van der Waals surface area (Å²) in [6.07, 6.45) is 4.30. The minimum atomic E-state index is 0. The second-order valence-corrected chi connectivity index (χ2v) is 4.76. The van der Waals surface area contributed by atoms with Gasteiger partial charge >= 0.3 is 0 Å². The van der Waals surface area contributed by atoms with Gasteiger partial charge in [-0.1, -0.05) is 23.4 Å². The molecular formula is C10H15Cl2N3OS. The monoisotopic (exact) mass is 295 g/mol. The molecule has 1 aromatic heterocycles. The molecule has 1 unspecified atom stereocenters. The number of rotatable bonds is 3. The van der Waals surface area contributed by atoms with Gasteiger partial charge in [-0.2, -0.15) is 4.98 Å². The molecule has 0 radical (unpaired) electrons. The Kier molecular flexibility index (Phi) is 6.33. The van der Waals surface area contributed by atoms with E-state index in [1.807, 2.05) is 6.26 Å². The van der Waals surface area contributed by atoms with Crippen molar-refractivity contribution in [3.8, 4) is 5.88 Å². The Morgan fingerprint density at radius 1 is 1.53 bits per heavy atom. The molecule has 0 spiro atoms. The highest BCUT2D eigenvalue weighted by molar-refractivity contribution is 7.98. The van der Waals surface area contributed by atoms with Crippen molar-refractivity contribution in [1.82, 2.24) is 15.3 Å². The number of nitrogens with one attached hydrogen (secondary N) is 1. The normalized spacial score (nSPS) is 19.5. The Morgan fingerprint density at radius 2 is 2.35 bits per heavy atom. The fraction of sp³-hybridized carbons (Fsp3) is 0.600. The first-order valence-corrected chi connectivity index (χ1v) is 6.84. The third-order valence-electron chi connectivity index (χ3n) is 2.37. The molecule has 1 fully saturated rings. The zero-order valence-corrected chi connectivity index (χ0v) is 11.9. The van der Waals surface area contributed by atoms with Crippen LogP contribution in [0.15, 0.2) is 11.2 Å². The quantitative estimate of drug-likeness (QED) is 0.527. The number of halogens is 2. The number of piperidine rings is 1. The Labute approximate surface area is 116 Å². The zero-order valence-electron chi connectivity index (χ0n) is 9.48. The van der Waals surface area contributed by atoms with Crippen LogP contribution in [0.3, 0.4) is 0 Å². The average molecular weight is 296 g/mol. The van der Waals surface area contributed by atoms with Crippen LogP contribution in [0.4, 0.5) is 0 Å². The predicted molar refractivity (Wildman–Crippen MR) is 72.6 cm³/mol. The lowest BCUT2D eigenvalue weighted by Crippen LogP contribution is -2.37. The maximum absolute atomic E-state index is 5.89. The molecule has 17 heavy (non-hydrogen) atoms. The van der Waals surface area contributed by atoms with Crippen molar-refractivity contribution in [1.29, 1.82) is 0 Å². The summed E-state index contributed by atoms with van der Waals surface area (Å²) in [6, 6.07) is 1.66. The maximum Gasteiger partial charge on any atom is 0.219 e. The van der Waals surface area contributed by atoms with E-state index in [2.05, 4.69) is 15.3 Å². The predicted octanol–water partition coefficient (Wildman–Crippen LogP) is 2.40. The van der Waals surface area contributed by atoms with Crippen molar-refractivity contribution in [2.75, 3.05) is 19.3 Å². The first kappa shape index (κ1) is 14.8. The minimum absolute atomic E-state index is 0. The first-order valence-electron chi connectivity index (χ1n) is 5.24. The van der Waals surface area contributed by atoms with Crippen LogP contribution in [0.5, 0.6) is 5.88 Å².